The third-order valence-electron chi connectivity index (χ3n) is 6.09. The summed E-state index contributed by atoms with van der Waals surface area (Å²) in [7, 11) is 1.66. The zero-order valence-corrected chi connectivity index (χ0v) is 19.9. The summed E-state index contributed by atoms with van der Waals surface area (Å²) in [5.41, 5.74) is 1.51. The molecule has 2 fully saturated rings. The fourth-order valence-electron chi connectivity index (χ4n) is 4.46. The number of aliphatic hydroxyl groups excluding tert-OH is 1. The summed E-state index contributed by atoms with van der Waals surface area (Å²) in [4.78, 5) is 33.3. The number of nitrogens with one attached hydrogen (secondary N) is 3. The molecule has 4 N–H and O–H groups in total. The number of urea groups is 2. The predicted octanol–water partition coefficient (Wildman–Crippen LogP) is 2.80. The van der Waals surface area contributed by atoms with E-state index in [0.29, 0.717) is 48.5 Å². The van der Waals surface area contributed by atoms with Gasteiger partial charge >= 0.3 is 12.1 Å². The van der Waals surface area contributed by atoms with E-state index < -0.39 is 6.23 Å². The van der Waals surface area contributed by atoms with E-state index in [4.69, 9.17) is 23.2 Å². The molecule has 3 heterocycles. The van der Waals surface area contributed by atoms with Crippen LogP contribution in [0.5, 0.6) is 0 Å². The summed E-state index contributed by atoms with van der Waals surface area (Å²) in [6.45, 7) is 1.90. The molecule has 0 saturated carbocycles. The van der Waals surface area contributed by atoms with Crippen LogP contribution in [0, 0.1) is 5.41 Å². The molecule has 1 spiro atoms. The van der Waals surface area contributed by atoms with Gasteiger partial charge in [-0.2, -0.15) is 0 Å². The molecule has 174 valence electrons. The number of aromatic nitrogens is 1. The molecule has 32 heavy (non-hydrogen) atoms. The fraction of sp³-hybridized carbons (Fsp3) is 0.550. The molecule has 0 aromatic carbocycles. The number of carbonyl (C=O) groups is 2. The standard InChI is InChI=1S/C20H26Cl2N6O3S/c1-23-16(29)4-6-24-18(30)27-7-5-20(10-27)11-28(14-3-2-12(21)8-13(14)20)19(31)26-17-25-9-15(22)32-17/h3,8-9,12,16,23,29H,2,4-7,10-11H2,1H3,(H,24,30)(H,25,26,31)/t12-,16?,20?/m1/s1. The number of aliphatic hydroxyl groups is 1. The lowest BCUT2D eigenvalue weighted by Crippen LogP contribution is -2.42. The van der Waals surface area contributed by atoms with Crippen molar-refractivity contribution in [3.63, 3.8) is 0 Å². The van der Waals surface area contributed by atoms with E-state index in [0.717, 1.165) is 17.7 Å². The lowest BCUT2D eigenvalue weighted by molar-refractivity contribution is 0.136. The van der Waals surface area contributed by atoms with Gasteiger partial charge in [0.2, 0.25) is 0 Å². The second-order valence-corrected chi connectivity index (χ2v) is 10.4. The number of carbonyl (C=O) groups excluding carboxylic acids is 2. The van der Waals surface area contributed by atoms with Crippen LogP contribution in [0.4, 0.5) is 14.7 Å². The molecule has 3 atom stereocenters. The van der Waals surface area contributed by atoms with Gasteiger partial charge in [0.15, 0.2) is 5.13 Å². The first kappa shape index (κ1) is 23.3. The van der Waals surface area contributed by atoms with E-state index in [1.165, 1.54) is 17.5 Å². The zero-order valence-electron chi connectivity index (χ0n) is 17.6. The van der Waals surface area contributed by atoms with E-state index in [2.05, 4.69) is 20.9 Å². The van der Waals surface area contributed by atoms with Gasteiger partial charge in [-0.15, -0.1) is 11.6 Å². The Labute approximate surface area is 200 Å². The number of alkyl halides is 1. The normalized spacial score (nSPS) is 25.4. The molecule has 12 heteroatoms. The van der Waals surface area contributed by atoms with Crippen LogP contribution in [0.2, 0.25) is 4.34 Å². The summed E-state index contributed by atoms with van der Waals surface area (Å²) in [6, 6.07) is -0.447. The Morgan fingerprint density at radius 1 is 1.41 bits per heavy atom. The summed E-state index contributed by atoms with van der Waals surface area (Å²) < 4.78 is 0.500. The summed E-state index contributed by atoms with van der Waals surface area (Å²) >= 11 is 13.6. The molecule has 1 aromatic heterocycles. The maximum absolute atomic E-state index is 13.1. The summed E-state index contributed by atoms with van der Waals surface area (Å²) in [6.07, 6.45) is 6.66. The zero-order chi connectivity index (χ0) is 22.9. The van der Waals surface area contributed by atoms with Gasteiger partial charge < -0.3 is 15.3 Å². The van der Waals surface area contributed by atoms with Gasteiger partial charge in [0.1, 0.15) is 10.6 Å². The molecule has 1 aromatic rings. The van der Waals surface area contributed by atoms with E-state index in [1.807, 2.05) is 12.2 Å². The third kappa shape index (κ3) is 4.74. The first-order valence-corrected chi connectivity index (χ1v) is 12.1. The highest BCUT2D eigenvalue weighted by Gasteiger charge is 2.52. The Morgan fingerprint density at radius 3 is 2.94 bits per heavy atom. The fourth-order valence-corrected chi connectivity index (χ4v) is 5.48. The molecule has 9 nitrogen and oxygen atoms in total. The molecule has 0 bridgehead atoms. The maximum Gasteiger partial charge on any atom is 0.328 e. The number of fused-ring (bicyclic) bond motifs is 2. The van der Waals surface area contributed by atoms with Gasteiger partial charge in [-0.05, 0) is 25.5 Å². The largest absolute Gasteiger partial charge is 0.379 e. The second kappa shape index (κ2) is 9.56. The Bertz CT molecular complexity index is 954. The van der Waals surface area contributed by atoms with Crippen LogP contribution < -0.4 is 16.0 Å². The number of thiazole rings is 1. The molecule has 2 unspecified atom stereocenters. The van der Waals surface area contributed by atoms with Crippen molar-refractivity contribution in [1.29, 1.82) is 0 Å². The molecular formula is C20H26Cl2N6O3S. The molecule has 3 aliphatic rings. The number of anilines is 1. The van der Waals surface area contributed by atoms with Crippen molar-refractivity contribution in [2.75, 3.05) is 38.5 Å². The highest BCUT2D eigenvalue weighted by Crippen LogP contribution is 2.50. The SMILES string of the molecule is CNC(O)CCNC(=O)N1CCC2(C1)CN(C(=O)Nc1ncc(Cl)s1)C1=CC[C@@H](Cl)C=C12. The predicted molar refractivity (Wildman–Crippen MR) is 125 cm³/mol. The number of halogens is 2. The highest BCUT2D eigenvalue weighted by atomic mass is 35.5. The van der Waals surface area contributed by atoms with Crippen molar-refractivity contribution in [1.82, 2.24) is 25.4 Å². The summed E-state index contributed by atoms with van der Waals surface area (Å²) in [5.74, 6) is 0. The number of allylic oxidation sites excluding steroid dienone is 3. The first-order chi connectivity index (χ1) is 15.3. The van der Waals surface area contributed by atoms with Crippen LogP contribution >= 0.6 is 34.5 Å². The number of hydrogen-bond donors (Lipinski definition) is 4. The van der Waals surface area contributed by atoms with E-state index in [9.17, 15) is 14.7 Å². The molecule has 1 aliphatic carbocycles. The van der Waals surface area contributed by atoms with E-state index >= 15 is 0 Å². The molecule has 0 radical (unpaired) electrons. The van der Waals surface area contributed by atoms with Gasteiger partial charge in [-0.25, -0.2) is 14.6 Å². The Balaban J connectivity index is 1.47. The van der Waals surface area contributed by atoms with Crippen molar-refractivity contribution < 1.29 is 14.7 Å². The Hall–Kier alpha value is -1.85. The van der Waals surface area contributed by atoms with Crippen molar-refractivity contribution >= 4 is 51.7 Å². The Morgan fingerprint density at radius 2 is 2.22 bits per heavy atom. The van der Waals surface area contributed by atoms with Crippen molar-refractivity contribution in [2.45, 2.75) is 30.9 Å². The quantitative estimate of drug-likeness (QED) is 0.367. The third-order valence-corrected chi connectivity index (χ3v) is 7.42. The minimum atomic E-state index is -0.657. The van der Waals surface area contributed by atoms with Gasteiger partial charge in [0.25, 0.3) is 0 Å². The second-order valence-electron chi connectivity index (χ2n) is 8.18. The monoisotopic (exact) mass is 500 g/mol. The average molecular weight is 501 g/mol. The van der Waals surface area contributed by atoms with Crippen LogP contribution in [0.3, 0.4) is 0 Å². The van der Waals surface area contributed by atoms with Gasteiger partial charge in [-0.3, -0.25) is 15.5 Å². The topological polar surface area (TPSA) is 110 Å². The van der Waals surface area contributed by atoms with Crippen LogP contribution in [0.15, 0.2) is 29.6 Å². The lowest BCUT2D eigenvalue weighted by Gasteiger charge is -2.26. The van der Waals surface area contributed by atoms with Crippen LogP contribution in [-0.4, -0.2) is 76.8 Å². The van der Waals surface area contributed by atoms with Gasteiger partial charge in [0.05, 0.1) is 11.6 Å². The Kier molecular flexibility index (Phi) is 6.97. The van der Waals surface area contributed by atoms with E-state index in [-0.39, 0.29) is 22.9 Å². The minimum Gasteiger partial charge on any atom is -0.379 e. The number of rotatable bonds is 5. The van der Waals surface area contributed by atoms with E-state index in [1.54, 1.807) is 16.8 Å². The number of amides is 4. The van der Waals surface area contributed by atoms with Gasteiger partial charge in [-0.1, -0.05) is 35.1 Å². The lowest BCUT2D eigenvalue weighted by atomic mass is 9.79. The minimum absolute atomic E-state index is 0.141. The number of hydrogen-bond acceptors (Lipinski definition) is 6. The maximum atomic E-state index is 13.1. The van der Waals surface area contributed by atoms with Crippen molar-refractivity contribution in [2.24, 2.45) is 5.41 Å². The van der Waals surface area contributed by atoms with Crippen molar-refractivity contribution in [3.05, 3.63) is 34.0 Å². The first-order valence-electron chi connectivity index (χ1n) is 10.5. The van der Waals surface area contributed by atoms with Gasteiger partial charge in [0, 0.05) is 43.7 Å². The average Bonchev–Trinajstić information content (AvgIpc) is 3.46. The molecule has 4 amide bonds. The molecular weight excluding hydrogens is 475 g/mol. The summed E-state index contributed by atoms with van der Waals surface area (Å²) in [5, 5.41) is 18.3. The van der Waals surface area contributed by atoms with Crippen molar-refractivity contribution in [3.8, 4) is 0 Å². The van der Waals surface area contributed by atoms with Crippen LogP contribution in [0.1, 0.15) is 19.3 Å². The number of nitrogens with zero attached hydrogens (tertiary/aromatic N) is 3. The molecule has 2 aliphatic heterocycles. The van der Waals surface area contributed by atoms with Crippen LogP contribution in [-0.2, 0) is 0 Å². The highest BCUT2D eigenvalue weighted by molar-refractivity contribution is 7.19. The number of likely N-dealkylation sites (tertiary alicyclic amines) is 2. The van der Waals surface area contributed by atoms with Crippen LogP contribution in [0.25, 0.3) is 0 Å². The smallest absolute Gasteiger partial charge is 0.328 e. The molecule has 2 saturated heterocycles. The molecule has 4 rings (SSSR count).